The number of benzene rings is 2. The van der Waals surface area contributed by atoms with Crippen LogP contribution in [0.3, 0.4) is 0 Å². The number of halogens is 2. The zero-order valence-corrected chi connectivity index (χ0v) is 14.9. The Morgan fingerprint density at radius 2 is 1.78 bits per heavy atom. The van der Waals surface area contributed by atoms with E-state index in [2.05, 4.69) is 24.9 Å². The Morgan fingerprint density at radius 1 is 1.07 bits per heavy atom. The summed E-state index contributed by atoms with van der Waals surface area (Å²) in [5, 5.41) is 3.46. The third kappa shape index (κ3) is 3.77. The molecule has 1 atom stereocenters. The number of ether oxygens (including phenoxy) is 1. The van der Waals surface area contributed by atoms with E-state index in [9.17, 15) is 8.78 Å². The highest BCUT2D eigenvalue weighted by Gasteiger charge is 2.26. The number of hydrogen-bond donors (Lipinski definition) is 1. The van der Waals surface area contributed by atoms with Gasteiger partial charge in [-0.3, -0.25) is 0 Å². The predicted octanol–water partition coefficient (Wildman–Crippen LogP) is 4.23. The van der Waals surface area contributed by atoms with Crippen LogP contribution in [-0.2, 0) is 0 Å². The standard InChI is InChI=1S/C20H20F2N4O/c1-13-19(25-16-7-3-2-6-15(16)23-13)24-14-10-11-26(12-14)17-8-4-5-9-18(17)27-20(21)22/h2-9,14,20H,10-12H2,1H3,(H,24,25). The molecule has 27 heavy (non-hydrogen) atoms. The maximum absolute atomic E-state index is 12.7. The molecule has 3 aromatic rings. The second-order valence-corrected chi connectivity index (χ2v) is 6.57. The molecule has 2 aromatic carbocycles. The molecule has 1 aromatic heterocycles. The summed E-state index contributed by atoms with van der Waals surface area (Å²) in [6.45, 7) is 0.525. The molecule has 0 amide bonds. The molecule has 5 nitrogen and oxygen atoms in total. The van der Waals surface area contributed by atoms with E-state index in [1.165, 1.54) is 0 Å². The largest absolute Gasteiger partial charge is 0.433 e. The lowest BCUT2D eigenvalue weighted by Gasteiger charge is -2.22. The van der Waals surface area contributed by atoms with E-state index in [-0.39, 0.29) is 11.8 Å². The lowest BCUT2D eigenvalue weighted by molar-refractivity contribution is -0.0495. The molecular formula is C20H20F2N4O. The summed E-state index contributed by atoms with van der Waals surface area (Å²) in [7, 11) is 0. The van der Waals surface area contributed by atoms with Crippen LogP contribution in [0.5, 0.6) is 5.75 Å². The maximum atomic E-state index is 12.7. The van der Waals surface area contributed by atoms with Gasteiger partial charge in [0.1, 0.15) is 11.6 Å². The molecule has 0 bridgehead atoms. The molecule has 1 saturated heterocycles. The van der Waals surface area contributed by atoms with Gasteiger partial charge in [0, 0.05) is 19.1 Å². The van der Waals surface area contributed by atoms with E-state index < -0.39 is 6.61 Å². The van der Waals surface area contributed by atoms with E-state index in [1.54, 1.807) is 18.2 Å². The second-order valence-electron chi connectivity index (χ2n) is 6.57. The van der Waals surface area contributed by atoms with Gasteiger partial charge in [-0.15, -0.1) is 0 Å². The summed E-state index contributed by atoms with van der Waals surface area (Å²) in [5.74, 6) is 0.965. The average molecular weight is 370 g/mol. The molecule has 1 aliphatic heterocycles. The van der Waals surface area contributed by atoms with Crippen LogP contribution in [0.1, 0.15) is 12.1 Å². The number of rotatable bonds is 5. The average Bonchev–Trinajstić information content (AvgIpc) is 3.11. The molecule has 0 saturated carbocycles. The topological polar surface area (TPSA) is 50.3 Å². The van der Waals surface area contributed by atoms with E-state index >= 15 is 0 Å². The Kier molecular flexibility index (Phi) is 4.75. The quantitative estimate of drug-likeness (QED) is 0.728. The number of hydrogen-bond acceptors (Lipinski definition) is 5. The van der Waals surface area contributed by atoms with Crippen molar-refractivity contribution in [2.45, 2.75) is 26.0 Å². The molecule has 1 unspecified atom stereocenters. The second kappa shape index (κ2) is 7.34. The van der Waals surface area contributed by atoms with Crippen LogP contribution < -0.4 is 15.0 Å². The first-order valence-corrected chi connectivity index (χ1v) is 8.89. The number of nitrogens with one attached hydrogen (secondary N) is 1. The van der Waals surface area contributed by atoms with Crippen molar-refractivity contribution in [1.82, 2.24) is 9.97 Å². The Labute approximate surface area is 156 Å². The molecule has 1 fully saturated rings. The monoisotopic (exact) mass is 370 g/mol. The third-order valence-electron chi connectivity index (χ3n) is 4.70. The number of fused-ring (bicyclic) bond motifs is 1. The summed E-state index contributed by atoms with van der Waals surface area (Å²) in [6, 6.07) is 14.8. The number of aryl methyl sites for hydroxylation is 1. The SMILES string of the molecule is Cc1nc2ccccc2nc1NC1CCN(c2ccccc2OC(F)F)C1. The van der Waals surface area contributed by atoms with Crippen LogP contribution in [0.15, 0.2) is 48.5 Å². The molecular weight excluding hydrogens is 350 g/mol. The van der Waals surface area contributed by atoms with Gasteiger partial charge in [0.25, 0.3) is 0 Å². The summed E-state index contributed by atoms with van der Waals surface area (Å²) in [4.78, 5) is 11.3. The van der Waals surface area contributed by atoms with Gasteiger partial charge in [0.2, 0.25) is 0 Å². The summed E-state index contributed by atoms with van der Waals surface area (Å²) in [6.07, 6.45) is 0.872. The number of aromatic nitrogens is 2. The zero-order chi connectivity index (χ0) is 18.8. The van der Waals surface area contributed by atoms with E-state index in [0.29, 0.717) is 12.2 Å². The van der Waals surface area contributed by atoms with E-state index in [0.717, 1.165) is 35.5 Å². The fraction of sp³-hybridized carbons (Fsp3) is 0.300. The summed E-state index contributed by atoms with van der Waals surface area (Å²) in [5.41, 5.74) is 3.24. The van der Waals surface area contributed by atoms with Gasteiger partial charge in [-0.25, -0.2) is 9.97 Å². The molecule has 140 valence electrons. The Morgan fingerprint density at radius 3 is 2.56 bits per heavy atom. The minimum atomic E-state index is -2.84. The van der Waals surface area contributed by atoms with Crippen LogP contribution >= 0.6 is 0 Å². The van der Waals surface area contributed by atoms with Crippen LogP contribution in [0.2, 0.25) is 0 Å². The first-order chi connectivity index (χ1) is 13.1. The highest BCUT2D eigenvalue weighted by atomic mass is 19.3. The normalized spacial score (nSPS) is 16.9. The molecule has 2 heterocycles. The van der Waals surface area contributed by atoms with Crippen molar-refractivity contribution in [2.24, 2.45) is 0 Å². The van der Waals surface area contributed by atoms with Crippen LogP contribution in [0, 0.1) is 6.92 Å². The van der Waals surface area contributed by atoms with Crippen molar-refractivity contribution < 1.29 is 13.5 Å². The van der Waals surface area contributed by atoms with Gasteiger partial charge in [-0.05, 0) is 37.6 Å². The van der Waals surface area contributed by atoms with Gasteiger partial charge in [0.05, 0.1) is 22.4 Å². The fourth-order valence-electron chi connectivity index (χ4n) is 3.43. The van der Waals surface area contributed by atoms with Crippen molar-refractivity contribution in [2.75, 3.05) is 23.3 Å². The fourth-order valence-corrected chi connectivity index (χ4v) is 3.43. The minimum absolute atomic E-state index is 0.152. The van der Waals surface area contributed by atoms with E-state index in [4.69, 9.17) is 0 Å². The molecule has 4 rings (SSSR count). The smallest absolute Gasteiger partial charge is 0.387 e. The highest BCUT2D eigenvalue weighted by molar-refractivity contribution is 5.76. The van der Waals surface area contributed by atoms with Gasteiger partial charge in [-0.2, -0.15) is 8.78 Å². The Balaban J connectivity index is 1.50. The molecule has 1 N–H and O–H groups in total. The Hall–Kier alpha value is -2.96. The van der Waals surface area contributed by atoms with Crippen molar-refractivity contribution in [3.63, 3.8) is 0 Å². The highest BCUT2D eigenvalue weighted by Crippen LogP contribution is 2.32. The number of anilines is 2. The Bertz CT molecular complexity index is 950. The maximum Gasteiger partial charge on any atom is 0.387 e. The van der Waals surface area contributed by atoms with Gasteiger partial charge in [-0.1, -0.05) is 24.3 Å². The number of para-hydroxylation sites is 4. The number of alkyl halides is 2. The van der Waals surface area contributed by atoms with E-state index in [1.807, 2.05) is 37.3 Å². The van der Waals surface area contributed by atoms with Crippen LogP contribution in [0.4, 0.5) is 20.3 Å². The van der Waals surface area contributed by atoms with Crippen molar-refractivity contribution in [1.29, 1.82) is 0 Å². The molecule has 0 aliphatic carbocycles. The third-order valence-corrected chi connectivity index (χ3v) is 4.70. The van der Waals surface area contributed by atoms with Gasteiger partial charge < -0.3 is 15.0 Å². The van der Waals surface area contributed by atoms with Crippen molar-refractivity contribution in [3.8, 4) is 5.75 Å². The van der Waals surface area contributed by atoms with Crippen LogP contribution in [0.25, 0.3) is 11.0 Å². The molecule has 7 heteroatoms. The van der Waals surface area contributed by atoms with Crippen LogP contribution in [-0.4, -0.2) is 35.7 Å². The van der Waals surface area contributed by atoms with Crippen molar-refractivity contribution >= 4 is 22.5 Å². The number of nitrogens with zero attached hydrogens (tertiary/aromatic N) is 3. The molecule has 0 radical (unpaired) electrons. The lowest BCUT2D eigenvalue weighted by Crippen LogP contribution is -2.27. The summed E-state index contributed by atoms with van der Waals surface area (Å²) < 4.78 is 30.0. The minimum Gasteiger partial charge on any atom is -0.433 e. The van der Waals surface area contributed by atoms with Crippen molar-refractivity contribution in [3.05, 3.63) is 54.2 Å². The summed E-state index contributed by atoms with van der Waals surface area (Å²) >= 11 is 0. The first-order valence-electron chi connectivity index (χ1n) is 8.89. The van der Waals surface area contributed by atoms with Gasteiger partial charge in [0.15, 0.2) is 0 Å². The molecule has 1 aliphatic rings. The zero-order valence-electron chi connectivity index (χ0n) is 14.9. The van der Waals surface area contributed by atoms with Gasteiger partial charge >= 0.3 is 6.61 Å². The molecule has 0 spiro atoms. The predicted molar refractivity (Wildman–Crippen MR) is 102 cm³/mol. The lowest BCUT2D eigenvalue weighted by atomic mass is 10.2. The first kappa shape index (κ1) is 17.5.